The Balaban J connectivity index is 1.43. The molecule has 1 unspecified atom stereocenters. The fourth-order valence-corrected chi connectivity index (χ4v) is 3.62. The maximum atomic E-state index is 4.35. The Kier molecular flexibility index (Phi) is 7.21. The van der Waals surface area contributed by atoms with Crippen LogP contribution in [-0.2, 0) is 19.5 Å². The molecule has 2 N–H and O–H groups in total. The van der Waals surface area contributed by atoms with Crippen LogP contribution in [0.25, 0.3) is 0 Å². The molecule has 3 rings (SSSR count). The third kappa shape index (κ3) is 5.53. The molecule has 1 fully saturated rings. The van der Waals surface area contributed by atoms with Crippen LogP contribution in [0.5, 0.6) is 0 Å². The Morgan fingerprint density at radius 3 is 2.89 bits per heavy atom. The molecule has 7 nitrogen and oxygen atoms in total. The lowest BCUT2D eigenvalue weighted by atomic mass is 10.2. The van der Waals surface area contributed by atoms with Crippen LogP contribution in [-0.4, -0.2) is 58.3 Å². The van der Waals surface area contributed by atoms with Crippen LogP contribution in [0.3, 0.4) is 0 Å². The molecule has 1 atom stereocenters. The summed E-state index contributed by atoms with van der Waals surface area (Å²) in [5.74, 6) is 1.87. The zero-order valence-electron chi connectivity index (χ0n) is 16.4. The van der Waals surface area contributed by atoms with Gasteiger partial charge in [0.25, 0.3) is 0 Å². The molecule has 1 aromatic carbocycles. The van der Waals surface area contributed by atoms with Crippen LogP contribution < -0.4 is 10.6 Å². The third-order valence-electron chi connectivity index (χ3n) is 5.11. The fourth-order valence-electron chi connectivity index (χ4n) is 3.62. The van der Waals surface area contributed by atoms with E-state index in [1.54, 1.807) is 6.33 Å². The summed E-state index contributed by atoms with van der Waals surface area (Å²) in [6.45, 7) is 6.83. The molecule has 2 aromatic rings. The highest BCUT2D eigenvalue weighted by Gasteiger charge is 2.24. The molecule has 1 aliphatic heterocycles. The normalized spacial score (nSPS) is 18.0. The predicted octanol–water partition coefficient (Wildman–Crippen LogP) is 1.67. The molecule has 27 heavy (non-hydrogen) atoms. The Hall–Kier alpha value is -2.41. The van der Waals surface area contributed by atoms with E-state index >= 15 is 0 Å². The van der Waals surface area contributed by atoms with Gasteiger partial charge < -0.3 is 15.2 Å². The highest BCUT2D eigenvalue weighted by molar-refractivity contribution is 5.79. The van der Waals surface area contributed by atoms with Gasteiger partial charge in [0.05, 0.1) is 0 Å². The number of aliphatic imine (C=N–C) groups is 1. The van der Waals surface area contributed by atoms with Gasteiger partial charge in [-0.05, 0) is 24.9 Å². The summed E-state index contributed by atoms with van der Waals surface area (Å²) in [6.07, 6.45) is 5.18. The van der Waals surface area contributed by atoms with Gasteiger partial charge in [-0.3, -0.25) is 9.89 Å². The first kappa shape index (κ1) is 19.4. The third-order valence-corrected chi connectivity index (χ3v) is 5.11. The zero-order valence-corrected chi connectivity index (χ0v) is 16.4. The summed E-state index contributed by atoms with van der Waals surface area (Å²) in [6, 6.07) is 11.3. The molecule has 0 bridgehead atoms. The molecule has 2 heterocycles. The topological polar surface area (TPSA) is 70.4 Å². The van der Waals surface area contributed by atoms with Crippen LogP contribution in [0.2, 0.25) is 0 Å². The quantitative estimate of drug-likeness (QED) is 0.547. The number of likely N-dealkylation sites (tertiary alicyclic amines) is 1. The highest BCUT2D eigenvalue weighted by atomic mass is 15.3. The van der Waals surface area contributed by atoms with Gasteiger partial charge in [-0.15, -0.1) is 10.2 Å². The number of aromatic nitrogens is 3. The maximum absolute atomic E-state index is 4.35. The Morgan fingerprint density at radius 2 is 2.11 bits per heavy atom. The van der Waals surface area contributed by atoms with Crippen molar-refractivity contribution in [2.45, 2.75) is 45.3 Å². The van der Waals surface area contributed by atoms with Crippen LogP contribution in [0.4, 0.5) is 0 Å². The van der Waals surface area contributed by atoms with Crippen LogP contribution in [0, 0.1) is 0 Å². The van der Waals surface area contributed by atoms with E-state index in [0.29, 0.717) is 6.04 Å². The summed E-state index contributed by atoms with van der Waals surface area (Å²) in [5.41, 5.74) is 1.38. The molecule has 0 radical (unpaired) electrons. The largest absolute Gasteiger partial charge is 0.355 e. The molecule has 146 valence electrons. The Morgan fingerprint density at radius 1 is 1.26 bits per heavy atom. The first-order valence-corrected chi connectivity index (χ1v) is 9.89. The number of nitrogens with zero attached hydrogens (tertiary/aromatic N) is 5. The van der Waals surface area contributed by atoms with E-state index in [1.807, 2.05) is 7.05 Å². The number of aryl methyl sites for hydroxylation is 1. The second-order valence-corrected chi connectivity index (χ2v) is 6.93. The lowest BCUT2D eigenvalue weighted by Crippen LogP contribution is -2.45. The molecule has 0 amide bonds. The second kappa shape index (κ2) is 10.1. The van der Waals surface area contributed by atoms with E-state index in [1.165, 1.54) is 24.9 Å². The zero-order chi connectivity index (χ0) is 18.9. The standard InChI is InChI=1S/C20H31N7/c1-3-19-25-24-16-27(19)13-11-22-20(21-2)23-14-18-10-7-12-26(18)15-17-8-5-4-6-9-17/h4-6,8-9,16,18H,3,7,10-15H2,1-2H3,(H2,21,22,23). The monoisotopic (exact) mass is 369 g/mol. The van der Waals surface area contributed by atoms with Gasteiger partial charge in [-0.1, -0.05) is 37.3 Å². The van der Waals surface area contributed by atoms with Crippen molar-refractivity contribution in [1.29, 1.82) is 0 Å². The van der Waals surface area contributed by atoms with E-state index in [0.717, 1.165) is 44.4 Å². The minimum atomic E-state index is 0.549. The van der Waals surface area contributed by atoms with Crippen molar-refractivity contribution in [2.75, 3.05) is 26.7 Å². The van der Waals surface area contributed by atoms with E-state index < -0.39 is 0 Å². The lowest BCUT2D eigenvalue weighted by Gasteiger charge is -2.25. The van der Waals surface area contributed by atoms with Crippen molar-refractivity contribution in [3.63, 3.8) is 0 Å². The number of hydrogen-bond acceptors (Lipinski definition) is 4. The lowest BCUT2D eigenvalue weighted by molar-refractivity contribution is 0.245. The van der Waals surface area contributed by atoms with Crippen molar-refractivity contribution < 1.29 is 0 Å². The van der Waals surface area contributed by atoms with Crippen molar-refractivity contribution in [1.82, 2.24) is 30.3 Å². The van der Waals surface area contributed by atoms with Crippen molar-refractivity contribution in [2.24, 2.45) is 4.99 Å². The fraction of sp³-hybridized carbons (Fsp3) is 0.550. The summed E-state index contributed by atoms with van der Waals surface area (Å²) in [5, 5.41) is 15.0. The van der Waals surface area contributed by atoms with E-state index in [-0.39, 0.29) is 0 Å². The van der Waals surface area contributed by atoms with E-state index in [4.69, 9.17) is 0 Å². The molecular formula is C20H31N7. The average molecular weight is 370 g/mol. The Labute approximate surface area is 161 Å². The summed E-state index contributed by atoms with van der Waals surface area (Å²) in [4.78, 5) is 6.92. The molecule has 0 aliphatic carbocycles. The van der Waals surface area contributed by atoms with Gasteiger partial charge in [0.15, 0.2) is 5.96 Å². The molecule has 7 heteroatoms. The first-order chi connectivity index (χ1) is 13.3. The number of rotatable bonds is 8. The van der Waals surface area contributed by atoms with Crippen LogP contribution in [0.15, 0.2) is 41.7 Å². The molecule has 1 aliphatic rings. The Bertz CT molecular complexity index is 710. The van der Waals surface area contributed by atoms with Crippen molar-refractivity contribution in [3.8, 4) is 0 Å². The highest BCUT2D eigenvalue weighted by Crippen LogP contribution is 2.19. The average Bonchev–Trinajstić information content (AvgIpc) is 3.34. The number of guanidine groups is 1. The number of nitrogens with one attached hydrogen (secondary N) is 2. The van der Waals surface area contributed by atoms with E-state index in [2.05, 4.69) is 72.5 Å². The first-order valence-electron chi connectivity index (χ1n) is 9.89. The molecule has 0 saturated carbocycles. The summed E-state index contributed by atoms with van der Waals surface area (Å²) >= 11 is 0. The van der Waals surface area contributed by atoms with Gasteiger partial charge in [0, 0.05) is 45.7 Å². The number of benzene rings is 1. The minimum absolute atomic E-state index is 0.549. The molecule has 0 spiro atoms. The van der Waals surface area contributed by atoms with Gasteiger partial charge in [0.1, 0.15) is 12.2 Å². The maximum Gasteiger partial charge on any atom is 0.191 e. The molecular weight excluding hydrogens is 338 g/mol. The van der Waals surface area contributed by atoms with Gasteiger partial charge in [-0.2, -0.15) is 0 Å². The minimum Gasteiger partial charge on any atom is -0.355 e. The van der Waals surface area contributed by atoms with Crippen LogP contribution in [0.1, 0.15) is 31.2 Å². The number of hydrogen-bond donors (Lipinski definition) is 2. The van der Waals surface area contributed by atoms with Crippen molar-refractivity contribution in [3.05, 3.63) is 48.0 Å². The van der Waals surface area contributed by atoms with Crippen molar-refractivity contribution >= 4 is 5.96 Å². The SMILES string of the molecule is CCc1nncn1CCNC(=NC)NCC1CCCN1Cc1ccccc1. The predicted molar refractivity (Wildman–Crippen MR) is 109 cm³/mol. The van der Waals surface area contributed by atoms with Gasteiger partial charge >= 0.3 is 0 Å². The summed E-state index contributed by atoms with van der Waals surface area (Å²) < 4.78 is 2.08. The second-order valence-electron chi connectivity index (χ2n) is 6.93. The van der Waals surface area contributed by atoms with Gasteiger partial charge in [0.2, 0.25) is 0 Å². The molecule has 1 aromatic heterocycles. The van der Waals surface area contributed by atoms with E-state index in [9.17, 15) is 0 Å². The van der Waals surface area contributed by atoms with Crippen LogP contribution >= 0.6 is 0 Å². The van der Waals surface area contributed by atoms with Gasteiger partial charge in [-0.25, -0.2) is 0 Å². The summed E-state index contributed by atoms with van der Waals surface area (Å²) in [7, 11) is 1.82. The molecule has 1 saturated heterocycles. The smallest absolute Gasteiger partial charge is 0.191 e.